The Kier molecular flexibility index (Phi) is 17.1. The van der Waals surface area contributed by atoms with Crippen LogP contribution in [0.5, 0.6) is 0 Å². The van der Waals surface area contributed by atoms with E-state index in [0.717, 1.165) is 35.6 Å². The predicted octanol–water partition coefficient (Wildman–Crippen LogP) is 4.01. The molecule has 0 saturated heterocycles. The molecular weight excluding hydrogens is 468 g/mol. The Morgan fingerprint density at radius 2 is 1.82 bits per heavy atom. The van der Waals surface area contributed by atoms with Crippen molar-refractivity contribution in [2.24, 2.45) is 4.99 Å². The number of esters is 1. The second kappa shape index (κ2) is 19.3. The maximum atomic E-state index is 12.1. The van der Waals surface area contributed by atoms with Gasteiger partial charge in [0.1, 0.15) is 6.10 Å². The summed E-state index contributed by atoms with van der Waals surface area (Å²) in [6.45, 7) is 5.21. The fourth-order valence-corrected chi connectivity index (χ4v) is 3.54. The second-order valence-corrected chi connectivity index (χ2v) is 8.34. The molecule has 0 amide bonds. The van der Waals surface area contributed by atoms with Crippen LogP contribution in [0, 0.1) is 0 Å². The summed E-state index contributed by atoms with van der Waals surface area (Å²) in [6.07, 6.45) is 11.7. The van der Waals surface area contributed by atoms with E-state index < -0.39 is 0 Å². The van der Waals surface area contributed by atoms with E-state index in [2.05, 4.69) is 36.8 Å². The van der Waals surface area contributed by atoms with Crippen molar-refractivity contribution in [3.8, 4) is 0 Å². The number of carbonyl (C=O) groups is 1. The van der Waals surface area contributed by atoms with Crippen LogP contribution in [0.4, 0.5) is 5.69 Å². The lowest BCUT2D eigenvalue weighted by Crippen LogP contribution is -2.29. The Balaban J connectivity index is 2.67. The molecule has 1 aromatic carbocycles. The number of rotatable bonds is 18. The number of anilines is 1. The Labute approximate surface area is 214 Å². The molecule has 1 rings (SSSR count). The first-order valence-corrected chi connectivity index (χ1v) is 12.8. The Hall–Kier alpha value is -2.00. The quantitative estimate of drug-likeness (QED) is 0.0795. The SMILES string of the molecule is C=CC=CC(C=Cc1ccc(N(CCO)CCO)cc1)=NCCCC(=O)OC(CS)CCCS. The molecule has 8 heteroatoms. The largest absolute Gasteiger partial charge is 0.461 e. The highest BCUT2D eigenvalue weighted by atomic mass is 32.1. The van der Waals surface area contributed by atoms with Gasteiger partial charge in [0.15, 0.2) is 0 Å². The summed E-state index contributed by atoms with van der Waals surface area (Å²) in [7, 11) is 0. The topological polar surface area (TPSA) is 82.4 Å². The fourth-order valence-electron chi connectivity index (χ4n) is 3.10. The molecule has 0 heterocycles. The highest BCUT2D eigenvalue weighted by Gasteiger charge is 2.12. The molecule has 1 aromatic rings. The van der Waals surface area contributed by atoms with Crippen LogP contribution in [0.25, 0.3) is 6.08 Å². The van der Waals surface area contributed by atoms with Gasteiger partial charge in [-0.1, -0.05) is 36.9 Å². The average Bonchev–Trinajstić information content (AvgIpc) is 2.85. The number of hydrogen-bond donors (Lipinski definition) is 4. The van der Waals surface area contributed by atoms with E-state index in [9.17, 15) is 15.0 Å². The van der Waals surface area contributed by atoms with E-state index in [1.165, 1.54) is 0 Å². The number of nitrogens with zero attached hydrogens (tertiary/aromatic N) is 2. The predicted molar refractivity (Wildman–Crippen MR) is 150 cm³/mol. The van der Waals surface area contributed by atoms with Crippen molar-refractivity contribution < 1.29 is 19.7 Å². The lowest BCUT2D eigenvalue weighted by molar-refractivity contribution is -0.148. The van der Waals surface area contributed by atoms with Gasteiger partial charge in [-0.25, -0.2) is 0 Å². The molecule has 2 N–H and O–H groups in total. The van der Waals surface area contributed by atoms with Crippen molar-refractivity contribution in [3.63, 3.8) is 0 Å². The molecule has 0 radical (unpaired) electrons. The summed E-state index contributed by atoms with van der Waals surface area (Å²) in [4.78, 5) is 18.6. The molecule has 34 heavy (non-hydrogen) atoms. The van der Waals surface area contributed by atoms with Crippen LogP contribution in [0.3, 0.4) is 0 Å². The molecule has 0 aliphatic rings. The minimum atomic E-state index is -0.219. The summed E-state index contributed by atoms with van der Waals surface area (Å²) < 4.78 is 5.47. The first-order valence-electron chi connectivity index (χ1n) is 11.6. The normalized spacial score (nSPS) is 12.9. The number of ether oxygens (including phenoxy) is 1. The molecule has 0 fully saturated rings. The van der Waals surface area contributed by atoms with E-state index in [1.807, 2.05) is 53.5 Å². The van der Waals surface area contributed by atoms with E-state index in [4.69, 9.17) is 4.74 Å². The lowest BCUT2D eigenvalue weighted by atomic mass is 10.1. The monoisotopic (exact) mass is 506 g/mol. The highest BCUT2D eigenvalue weighted by molar-refractivity contribution is 7.80. The Bertz CT molecular complexity index is 788. The molecule has 1 unspecified atom stereocenters. The number of aliphatic hydroxyl groups is 2. The van der Waals surface area contributed by atoms with E-state index in [0.29, 0.717) is 38.2 Å². The zero-order valence-electron chi connectivity index (χ0n) is 19.8. The zero-order chi connectivity index (χ0) is 25.0. The summed E-state index contributed by atoms with van der Waals surface area (Å²) >= 11 is 8.44. The van der Waals surface area contributed by atoms with Crippen molar-refractivity contribution >= 4 is 48.7 Å². The Morgan fingerprint density at radius 3 is 2.41 bits per heavy atom. The number of hydrogen-bond acceptors (Lipinski definition) is 8. The van der Waals surface area contributed by atoms with Crippen LogP contribution >= 0.6 is 25.3 Å². The smallest absolute Gasteiger partial charge is 0.306 e. The van der Waals surface area contributed by atoms with Gasteiger partial charge >= 0.3 is 5.97 Å². The van der Waals surface area contributed by atoms with Crippen LogP contribution in [0.15, 0.2) is 60.1 Å². The van der Waals surface area contributed by atoms with Gasteiger partial charge in [0, 0.05) is 37.5 Å². The van der Waals surface area contributed by atoms with Crippen LogP contribution in [-0.2, 0) is 9.53 Å². The number of aliphatic hydroxyl groups excluding tert-OH is 2. The number of benzene rings is 1. The summed E-state index contributed by atoms with van der Waals surface area (Å²) in [5.74, 6) is 1.06. The van der Waals surface area contributed by atoms with Gasteiger partial charge in [-0.05, 0) is 54.9 Å². The number of allylic oxidation sites excluding steroid dienone is 4. The van der Waals surface area contributed by atoms with Gasteiger partial charge < -0.3 is 19.8 Å². The van der Waals surface area contributed by atoms with Crippen molar-refractivity contribution in [2.75, 3.05) is 49.3 Å². The molecular formula is C26H38N2O4S2. The molecule has 0 aromatic heterocycles. The van der Waals surface area contributed by atoms with Gasteiger partial charge in [-0.2, -0.15) is 25.3 Å². The number of thiol groups is 2. The van der Waals surface area contributed by atoms with Crippen molar-refractivity contribution in [1.29, 1.82) is 0 Å². The molecule has 0 spiro atoms. The fraction of sp³-hybridized carbons (Fsp3) is 0.462. The summed E-state index contributed by atoms with van der Waals surface area (Å²) in [5, 5.41) is 18.4. The van der Waals surface area contributed by atoms with Crippen molar-refractivity contribution in [2.45, 2.75) is 31.8 Å². The van der Waals surface area contributed by atoms with E-state index >= 15 is 0 Å². The van der Waals surface area contributed by atoms with Crippen molar-refractivity contribution in [3.05, 3.63) is 60.7 Å². The lowest BCUT2D eigenvalue weighted by Gasteiger charge is -2.22. The highest BCUT2D eigenvalue weighted by Crippen LogP contribution is 2.16. The van der Waals surface area contributed by atoms with Crippen LogP contribution in [0.2, 0.25) is 0 Å². The molecule has 0 aliphatic carbocycles. The first kappa shape index (κ1) is 30.0. The maximum absolute atomic E-state index is 12.1. The number of aliphatic imine (C=N–C) groups is 1. The van der Waals surface area contributed by atoms with Gasteiger partial charge in [0.25, 0.3) is 0 Å². The third-order valence-electron chi connectivity index (χ3n) is 4.87. The van der Waals surface area contributed by atoms with E-state index in [1.54, 1.807) is 6.08 Å². The summed E-state index contributed by atoms with van der Waals surface area (Å²) in [6, 6.07) is 7.87. The average molecular weight is 507 g/mol. The molecule has 0 aliphatic heterocycles. The van der Waals surface area contributed by atoms with Crippen LogP contribution in [0.1, 0.15) is 31.2 Å². The molecule has 188 valence electrons. The van der Waals surface area contributed by atoms with Gasteiger partial charge in [-0.15, -0.1) is 0 Å². The minimum absolute atomic E-state index is 0.0284. The Morgan fingerprint density at radius 1 is 1.12 bits per heavy atom. The molecule has 1 atom stereocenters. The van der Waals surface area contributed by atoms with Crippen LogP contribution < -0.4 is 4.90 Å². The van der Waals surface area contributed by atoms with Gasteiger partial charge in [0.05, 0.1) is 18.9 Å². The first-order chi connectivity index (χ1) is 16.6. The van der Waals surface area contributed by atoms with Gasteiger partial charge in [-0.3, -0.25) is 9.79 Å². The van der Waals surface area contributed by atoms with Crippen LogP contribution in [-0.4, -0.2) is 72.4 Å². The molecule has 0 bridgehead atoms. The minimum Gasteiger partial charge on any atom is -0.461 e. The zero-order valence-corrected chi connectivity index (χ0v) is 21.5. The van der Waals surface area contributed by atoms with Gasteiger partial charge in [0.2, 0.25) is 0 Å². The van der Waals surface area contributed by atoms with E-state index in [-0.39, 0.29) is 25.3 Å². The third kappa shape index (κ3) is 13.0. The van der Waals surface area contributed by atoms with Crippen molar-refractivity contribution in [1.82, 2.24) is 0 Å². The third-order valence-corrected chi connectivity index (χ3v) is 5.59. The summed E-state index contributed by atoms with van der Waals surface area (Å²) in [5.41, 5.74) is 2.72. The number of carbonyl (C=O) groups excluding carboxylic acids is 1. The maximum Gasteiger partial charge on any atom is 0.306 e. The second-order valence-electron chi connectivity index (χ2n) is 7.52. The standard InChI is InChI=1S/C26H38N2O4S2/c1-2-3-6-23(27-15-4-8-26(31)32-25(21-34)7-5-20-33)12-9-22-10-13-24(14-11-22)28(16-18-29)17-19-30/h2-3,6,9-14,25,29-30,33-34H,1,4-5,7-8,15-21H2. The molecule has 0 saturated carbocycles. The molecule has 6 nitrogen and oxygen atoms in total.